The molecule has 96 valence electrons. The van der Waals surface area contributed by atoms with Crippen molar-refractivity contribution in [1.29, 1.82) is 0 Å². The Labute approximate surface area is 124 Å². The van der Waals surface area contributed by atoms with Gasteiger partial charge in [0.15, 0.2) is 5.11 Å². The zero-order valence-corrected chi connectivity index (χ0v) is 13.1. The summed E-state index contributed by atoms with van der Waals surface area (Å²) in [5.41, 5.74) is 0.561. The molecule has 0 saturated carbocycles. The molecule has 1 amide bonds. The lowest BCUT2D eigenvalue weighted by molar-refractivity contribution is -0.122. The maximum absolute atomic E-state index is 12.1. The Hall–Kier alpha value is -0.720. The molecule has 1 fully saturated rings. The summed E-state index contributed by atoms with van der Waals surface area (Å²) in [6.45, 7) is 2.78. The highest BCUT2D eigenvalue weighted by molar-refractivity contribution is 9.11. The Morgan fingerprint density at radius 2 is 2.33 bits per heavy atom. The molecule has 0 atom stereocenters. The van der Waals surface area contributed by atoms with E-state index in [2.05, 4.69) is 28.2 Å². The smallest absolute Gasteiger partial charge is 0.276 e. The predicted octanol–water partition coefficient (Wildman–Crippen LogP) is 3.37. The van der Waals surface area contributed by atoms with E-state index in [0.29, 0.717) is 17.4 Å². The number of amides is 1. The highest BCUT2D eigenvalue weighted by atomic mass is 79.9. The molecule has 1 aliphatic rings. The first-order chi connectivity index (χ1) is 8.61. The monoisotopic (exact) mass is 344 g/mol. The molecular formula is C12H13BrN2OS2. The van der Waals surface area contributed by atoms with Gasteiger partial charge in [0.25, 0.3) is 5.91 Å². The zero-order valence-electron chi connectivity index (χ0n) is 9.90. The SMILES string of the molecule is CCCCN1C(=O)C(=Cc2ccc(Br)s2)NC1=S. The van der Waals surface area contributed by atoms with Gasteiger partial charge < -0.3 is 5.32 Å². The van der Waals surface area contributed by atoms with Crippen molar-refractivity contribution in [3.8, 4) is 0 Å². The van der Waals surface area contributed by atoms with Crippen LogP contribution in [0.1, 0.15) is 24.6 Å². The van der Waals surface area contributed by atoms with Gasteiger partial charge in [-0.05, 0) is 52.8 Å². The van der Waals surface area contributed by atoms with E-state index in [1.165, 1.54) is 0 Å². The van der Waals surface area contributed by atoms with Gasteiger partial charge in [-0.1, -0.05) is 13.3 Å². The fraction of sp³-hybridized carbons (Fsp3) is 0.333. The maximum atomic E-state index is 12.1. The van der Waals surface area contributed by atoms with Gasteiger partial charge in [0.1, 0.15) is 5.70 Å². The number of nitrogens with zero attached hydrogens (tertiary/aromatic N) is 1. The van der Waals surface area contributed by atoms with Gasteiger partial charge in [-0.3, -0.25) is 9.69 Å². The summed E-state index contributed by atoms with van der Waals surface area (Å²) in [7, 11) is 0. The highest BCUT2D eigenvalue weighted by Gasteiger charge is 2.29. The Bertz CT molecular complexity index is 510. The minimum Gasteiger partial charge on any atom is -0.328 e. The van der Waals surface area contributed by atoms with Crippen LogP contribution >= 0.6 is 39.5 Å². The van der Waals surface area contributed by atoms with Crippen LogP contribution in [0.25, 0.3) is 6.08 Å². The molecule has 0 unspecified atom stereocenters. The fourth-order valence-corrected chi connectivity index (χ4v) is 3.29. The summed E-state index contributed by atoms with van der Waals surface area (Å²) in [6.07, 6.45) is 3.85. The molecule has 6 heteroatoms. The second kappa shape index (κ2) is 5.95. The number of unbranched alkanes of at least 4 members (excludes halogenated alkanes) is 1. The number of carbonyl (C=O) groups excluding carboxylic acids is 1. The maximum Gasteiger partial charge on any atom is 0.276 e. The van der Waals surface area contributed by atoms with Gasteiger partial charge in [-0.25, -0.2) is 0 Å². The molecule has 3 nitrogen and oxygen atoms in total. The average molecular weight is 345 g/mol. The first-order valence-electron chi connectivity index (χ1n) is 5.71. The first-order valence-corrected chi connectivity index (χ1v) is 7.73. The number of hydrogen-bond donors (Lipinski definition) is 1. The summed E-state index contributed by atoms with van der Waals surface area (Å²) in [5, 5.41) is 3.49. The van der Waals surface area contributed by atoms with Crippen molar-refractivity contribution in [1.82, 2.24) is 10.2 Å². The lowest BCUT2D eigenvalue weighted by Gasteiger charge is -2.12. The van der Waals surface area contributed by atoms with Gasteiger partial charge in [0, 0.05) is 11.4 Å². The highest BCUT2D eigenvalue weighted by Crippen LogP contribution is 2.25. The standard InChI is InChI=1S/C12H13BrN2OS2/c1-2-3-6-15-11(16)9(14-12(15)17)7-8-4-5-10(13)18-8/h4-5,7H,2-3,6H2,1H3,(H,14,17). The van der Waals surface area contributed by atoms with Crippen molar-refractivity contribution < 1.29 is 4.79 Å². The minimum absolute atomic E-state index is 0.0297. The summed E-state index contributed by atoms with van der Waals surface area (Å²) >= 11 is 10.2. The van der Waals surface area contributed by atoms with Crippen molar-refractivity contribution in [2.45, 2.75) is 19.8 Å². The first kappa shape index (κ1) is 13.7. The van der Waals surface area contributed by atoms with Crippen LogP contribution in [0.15, 0.2) is 21.6 Å². The molecule has 0 spiro atoms. The van der Waals surface area contributed by atoms with Crippen molar-refractivity contribution in [3.05, 3.63) is 26.5 Å². The van der Waals surface area contributed by atoms with E-state index in [9.17, 15) is 4.79 Å². The number of nitrogens with one attached hydrogen (secondary N) is 1. The Balaban J connectivity index is 2.14. The molecule has 1 aliphatic heterocycles. The van der Waals surface area contributed by atoms with Crippen LogP contribution in [0.3, 0.4) is 0 Å². The number of carbonyl (C=O) groups is 1. The lowest BCUT2D eigenvalue weighted by Crippen LogP contribution is -2.31. The van der Waals surface area contributed by atoms with Crippen molar-refractivity contribution in [2.24, 2.45) is 0 Å². The summed E-state index contributed by atoms with van der Waals surface area (Å²) in [6, 6.07) is 3.93. The molecule has 1 N–H and O–H groups in total. The minimum atomic E-state index is -0.0297. The second-order valence-corrected chi connectivity index (χ2v) is 6.82. The Kier molecular flexibility index (Phi) is 4.53. The van der Waals surface area contributed by atoms with Crippen molar-refractivity contribution >= 4 is 56.6 Å². The van der Waals surface area contributed by atoms with Crippen LogP contribution in [0.2, 0.25) is 0 Å². The van der Waals surface area contributed by atoms with Gasteiger partial charge in [-0.2, -0.15) is 0 Å². The van der Waals surface area contributed by atoms with Crippen LogP contribution in [0, 0.1) is 0 Å². The largest absolute Gasteiger partial charge is 0.328 e. The number of rotatable bonds is 4. The molecule has 0 aliphatic carbocycles. The predicted molar refractivity (Wildman–Crippen MR) is 82.4 cm³/mol. The molecule has 0 aromatic carbocycles. The third-order valence-corrected chi connectivity index (χ3v) is 4.47. The van der Waals surface area contributed by atoms with Crippen LogP contribution in [-0.2, 0) is 4.79 Å². The Morgan fingerprint density at radius 1 is 1.56 bits per heavy atom. The average Bonchev–Trinajstić information content (AvgIpc) is 2.84. The number of halogens is 1. The van der Waals surface area contributed by atoms with E-state index < -0.39 is 0 Å². The summed E-state index contributed by atoms with van der Waals surface area (Å²) in [4.78, 5) is 14.8. The molecule has 1 aromatic heterocycles. The molecular weight excluding hydrogens is 332 g/mol. The molecule has 2 heterocycles. The molecule has 0 radical (unpaired) electrons. The normalized spacial score (nSPS) is 17.7. The van der Waals surface area contributed by atoms with E-state index in [-0.39, 0.29) is 5.91 Å². The molecule has 1 saturated heterocycles. The van der Waals surface area contributed by atoms with Crippen LogP contribution in [0.4, 0.5) is 0 Å². The van der Waals surface area contributed by atoms with E-state index in [1.807, 2.05) is 18.2 Å². The zero-order chi connectivity index (χ0) is 13.1. The van der Waals surface area contributed by atoms with Crippen LogP contribution < -0.4 is 5.32 Å². The van der Waals surface area contributed by atoms with Crippen molar-refractivity contribution in [2.75, 3.05) is 6.54 Å². The van der Waals surface area contributed by atoms with Crippen molar-refractivity contribution in [3.63, 3.8) is 0 Å². The van der Waals surface area contributed by atoms with E-state index in [1.54, 1.807) is 16.2 Å². The fourth-order valence-electron chi connectivity index (χ4n) is 1.64. The van der Waals surface area contributed by atoms with Crippen LogP contribution in [0.5, 0.6) is 0 Å². The summed E-state index contributed by atoms with van der Waals surface area (Å²) < 4.78 is 1.05. The molecule has 1 aromatic rings. The van der Waals surface area contributed by atoms with Crippen LogP contribution in [-0.4, -0.2) is 22.5 Å². The van der Waals surface area contributed by atoms with Gasteiger partial charge in [0.05, 0.1) is 3.79 Å². The van der Waals surface area contributed by atoms with Gasteiger partial charge >= 0.3 is 0 Å². The second-order valence-electron chi connectivity index (χ2n) is 3.94. The topological polar surface area (TPSA) is 32.3 Å². The number of hydrogen-bond acceptors (Lipinski definition) is 3. The summed E-state index contributed by atoms with van der Waals surface area (Å²) in [5.74, 6) is -0.0297. The molecule has 0 bridgehead atoms. The van der Waals surface area contributed by atoms with E-state index in [4.69, 9.17) is 12.2 Å². The van der Waals surface area contributed by atoms with Gasteiger partial charge in [0.2, 0.25) is 0 Å². The molecule has 18 heavy (non-hydrogen) atoms. The number of thiophene rings is 1. The lowest BCUT2D eigenvalue weighted by atomic mass is 10.3. The quantitative estimate of drug-likeness (QED) is 0.671. The van der Waals surface area contributed by atoms with E-state index >= 15 is 0 Å². The Morgan fingerprint density at radius 3 is 2.94 bits per heavy atom. The third kappa shape index (κ3) is 2.99. The van der Waals surface area contributed by atoms with E-state index in [0.717, 1.165) is 21.5 Å². The third-order valence-electron chi connectivity index (χ3n) is 2.58. The van der Waals surface area contributed by atoms with Gasteiger partial charge in [-0.15, -0.1) is 11.3 Å². The molecule has 2 rings (SSSR count). The number of thiocarbonyl (C=S) groups is 1.